The Hall–Kier alpha value is -2.03. The maximum absolute atomic E-state index is 12.7. The average molecular weight is 810 g/mol. The second-order valence-corrected chi connectivity index (χ2v) is 17.6. The molecule has 0 amide bonds. The van der Waals surface area contributed by atoms with Crippen LogP contribution in [0.3, 0.4) is 0 Å². The summed E-state index contributed by atoms with van der Waals surface area (Å²) in [6.45, 7) is 5.69. The van der Waals surface area contributed by atoms with Gasteiger partial charge in [-0.2, -0.15) is 0 Å². The fraction of sp³-hybridized carbons (Fsp3) is 0.783. The Morgan fingerprint density at radius 3 is 1.55 bits per heavy atom. The summed E-state index contributed by atoms with van der Waals surface area (Å²) >= 11 is 0. The van der Waals surface area contributed by atoms with Crippen LogP contribution in [-0.4, -0.2) is 70.0 Å². The Morgan fingerprint density at radius 1 is 0.607 bits per heavy atom. The van der Waals surface area contributed by atoms with E-state index in [1.165, 1.54) is 89.9 Å². The number of allylic oxidation sites excluding steroid dienone is 7. The lowest BCUT2D eigenvalue weighted by atomic mass is 10.0. The number of ether oxygens (including phenoxy) is 2. The van der Waals surface area contributed by atoms with E-state index in [0.29, 0.717) is 17.4 Å². The van der Waals surface area contributed by atoms with Gasteiger partial charge in [-0.15, -0.1) is 6.58 Å². The molecular weight excluding hydrogens is 725 g/mol. The summed E-state index contributed by atoms with van der Waals surface area (Å²) in [5, 5.41) is 0. The van der Waals surface area contributed by atoms with E-state index in [4.69, 9.17) is 18.5 Å². The Balaban J connectivity index is 4.38. The first-order chi connectivity index (χ1) is 27.0. The maximum Gasteiger partial charge on any atom is 0.306 e. The van der Waals surface area contributed by atoms with Crippen molar-refractivity contribution in [1.29, 1.82) is 0 Å². The molecule has 326 valence electrons. The minimum absolute atomic E-state index is 0.0371. The van der Waals surface area contributed by atoms with E-state index in [1.807, 2.05) is 27.2 Å². The molecule has 56 heavy (non-hydrogen) atoms. The predicted molar refractivity (Wildman–Crippen MR) is 231 cm³/mol. The molecule has 0 radical (unpaired) electrons. The zero-order valence-corrected chi connectivity index (χ0v) is 37.3. The van der Waals surface area contributed by atoms with Crippen LogP contribution in [0.1, 0.15) is 180 Å². The number of rotatable bonds is 41. The van der Waals surface area contributed by atoms with Crippen LogP contribution in [0.5, 0.6) is 0 Å². The first kappa shape index (κ1) is 54.0. The number of quaternary nitrogens is 1. The fourth-order valence-electron chi connectivity index (χ4n) is 5.93. The third-order valence-electron chi connectivity index (χ3n) is 9.47. The summed E-state index contributed by atoms with van der Waals surface area (Å²) < 4.78 is 33.9. The number of hydrogen-bond acceptors (Lipinski definition) is 8. The summed E-state index contributed by atoms with van der Waals surface area (Å²) in [5.74, 6) is -0.862. The summed E-state index contributed by atoms with van der Waals surface area (Å²) in [5.41, 5.74) is 0. The molecular formula is C46H84NO8P. The van der Waals surface area contributed by atoms with Gasteiger partial charge in [0.2, 0.25) is 0 Å². The standard InChI is InChI=1S/C46H84NO8P/c1-6-8-10-12-14-16-18-20-22-23-25-27-29-31-33-35-37-39-46(49)55-44(43-54-56(50,51)53-41-40-47(3,4)5)42-52-45(48)38-36-34-32-30-28-26-24-21-19-17-15-13-11-9-7-2/h7,14,16,20,22,25,27,44H,2,6,8-13,15,17-19,21,23-24,26,28-43H2,1,3-5H3/b16-14+,22-20+,27-25+/t44-/m1/s1. The highest BCUT2D eigenvalue weighted by Crippen LogP contribution is 2.38. The second-order valence-electron chi connectivity index (χ2n) is 16.1. The van der Waals surface area contributed by atoms with Crippen molar-refractivity contribution in [3.63, 3.8) is 0 Å². The van der Waals surface area contributed by atoms with Crippen molar-refractivity contribution < 1.29 is 42.1 Å². The summed E-state index contributed by atoms with van der Waals surface area (Å²) in [6.07, 6.45) is 43.1. The van der Waals surface area contributed by atoms with Crippen molar-refractivity contribution >= 4 is 19.8 Å². The molecule has 0 aromatic carbocycles. The van der Waals surface area contributed by atoms with Crippen molar-refractivity contribution in [2.24, 2.45) is 0 Å². The average Bonchev–Trinajstić information content (AvgIpc) is 3.15. The maximum atomic E-state index is 12.7. The molecule has 0 aliphatic carbocycles. The molecule has 0 saturated carbocycles. The number of carbonyl (C=O) groups is 2. The van der Waals surface area contributed by atoms with Crippen LogP contribution >= 0.6 is 7.82 Å². The van der Waals surface area contributed by atoms with Gasteiger partial charge in [0.1, 0.15) is 19.8 Å². The van der Waals surface area contributed by atoms with Gasteiger partial charge < -0.3 is 27.9 Å². The highest BCUT2D eigenvalue weighted by atomic mass is 31.2. The van der Waals surface area contributed by atoms with E-state index in [2.05, 4.69) is 50.0 Å². The number of nitrogens with zero attached hydrogens (tertiary/aromatic N) is 1. The summed E-state index contributed by atoms with van der Waals surface area (Å²) in [4.78, 5) is 37.5. The lowest BCUT2D eigenvalue weighted by Gasteiger charge is -2.28. The fourth-order valence-corrected chi connectivity index (χ4v) is 6.66. The van der Waals surface area contributed by atoms with Crippen molar-refractivity contribution in [1.82, 2.24) is 0 Å². The van der Waals surface area contributed by atoms with Gasteiger partial charge in [0.25, 0.3) is 7.82 Å². The molecule has 10 heteroatoms. The first-order valence-corrected chi connectivity index (χ1v) is 23.8. The molecule has 0 saturated heterocycles. The number of carbonyl (C=O) groups excluding carboxylic acids is 2. The molecule has 0 spiro atoms. The third-order valence-corrected chi connectivity index (χ3v) is 10.4. The summed E-state index contributed by atoms with van der Waals surface area (Å²) in [6, 6.07) is 0. The second kappa shape index (κ2) is 38.5. The van der Waals surface area contributed by atoms with Crippen molar-refractivity contribution in [3.05, 3.63) is 49.1 Å². The van der Waals surface area contributed by atoms with E-state index in [-0.39, 0.29) is 26.1 Å². The van der Waals surface area contributed by atoms with Crippen LogP contribution in [0.15, 0.2) is 49.1 Å². The van der Waals surface area contributed by atoms with E-state index in [1.54, 1.807) is 0 Å². The monoisotopic (exact) mass is 810 g/mol. The molecule has 1 unspecified atom stereocenters. The Kier molecular flexibility index (Phi) is 37.1. The number of phosphoric ester groups is 1. The van der Waals surface area contributed by atoms with Gasteiger partial charge in [0.05, 0.1) is 27.7 Å². The van der Waals surface area contributed by atoms with E-state index >= 15 is 0 Å². The predicted octanol–water partition coefficient (Wildman–Crippen LogP) is 12.1. The first-order valence-electron chi connectivity index (χ1n) is 22.3. The molecule has 0 N–H and O–H groups in total. The SMILES string of the molecule is C=CCCCCCCCCCCCCCCCC(=O)OC[C@H](COP(=O)([O-])OCC[N+](C)(C)C)OC(=O)CCCCCC/C=C/C/C=C/C/C=C/CCCCC. The van der Waals surface area contributed by atoms with Crippen LogP contribution < -0.4 is 4.89 Å². The number of esters is 2. The number of unbranched alkanes of at least 4 members (excludes halogenated alkanes) is 20. The van der Waals surface area contributed by atoms with E-state index in [0.717, 1.165) is 64.2 Å². The van der Waals surface area contributed by atoms with Crippen molar-refractivity contribution in [2.45, 2.75) is 186 Å². The number of hydrogen-bond donors (Lipinski definition) is 0. The smallest absolute Gasteiger partial charge is 0.306 e. The van der Waals surface area contributed by atoms with Crippen LogP contribution in [0, 0.1) is 0 Å². The molecule has 0 fully saturated rings. The minimum atomic E-state index is -4.63. The van der Waals surface area contributed by atoms with Gasteiger partial charge in [-0.3, -0.25) is 14.2 Å². The highest BCUT2D eigenvalue weighted by Gasteiger charge is 2.21. The third kappa shape index (κ3) is 41.6. The Labute approximate surface area is 343 Å². The molecule has 0 aromatic rings. The van der Waals surface area contributed by atoms with Crippen LogP contribution in [-0.2, 0) is 32.7 Å². The molecule has 0 aliphatic heterocycles. The molecule has 0 rings (SSSR count). The van der Waals surface area contributed by atoms with Crippen molar-refractivity contribution in [3.8, 4) is 0 Å². The Morgan fingerprint density at radius 2 is 1.05 bits per heavy atom. The normalized spacial score (nSPS) is 13.8. The molecule has 9 nitrogen and oxygen atoms in total. The molecule has 2 atom stereocenters. The van der Waals surface area contributed by atoms with Crippen molar-refractivity contribution in [2.75, 3.05) is 47.5 Å². The van der Waals surface area contributed by atoms with Gasteiger partial charge in [0, 0.05) is 12.8 Å². The quantitative estimate of drug-likeness (QED) is 0.0197. The minimum Gasteiger partial charge on any atom is -0.756 e. The number of likely N-dealkylation sites (N-methyl/N-ethyl adjacent to an activating group) is 1. The lowest BCUT2D eigenvalue weighted by molar-refractivity contribution is -0.870. The Bertz CT molecular complexity index is 1080. The molecule has 0 bridgehead atoms. The van der Waals surface area contributed by atoms with Crippen LogP contribution in [0.4, 0.5) is 0 Å². The topological polar surface area (TPSA) is 111 Å². The lowest BCUT2D eigenvalue weighted by Crippen LogP contribution is -2.37. The van der Waals surface area contributed by atoms with Gasteiger partial charge in [0.15, 0.2) is 6.10 Å². The van der Waals surface area contributed by atoms with Gasteiger partial charge in [-0.1, -0.05) is 146 Å². The van der Waals surface area contributed by atoms with Gasteiger partial charge >= 0.3 is 11.9 Å². The number of phosphoric acid groups is 1. The summed E-state index contributed by atoms with van der Waals surface area (Å²) in [7, 11) is 1.14. The van der Waals surface area contributed by atoms with E-state index in [9.17, 15) is 19.0 Å². The highest BCUT2D eigenvalue weighted by molar-refractivity contribution is 7.45. The zero-order valence-electron chi connectivity index (χ0n) is 36.4. The molecule has 0 aliphatic rings. The van der Waals surface area contributed by atoms with Crippen LogP contribution in [0.25, 0.3) is 0 Å². The van der Waals surface area contributed by atoms with E-state index < -0.39 is 32.5 Å². The van der Waals surface area contributed by atoms with Gasteiger partial charge in [-0.25, -0.2) is 0 Å². The van der Waals surface area contributed by atoms with Gasteiger partial charge in [-0.05, 0) is 64.2 Å². The zero-order chi connectivity index (χ0) is 41.4. The largest absolute Gasteiger partial charge is 0.756 e. The molecule has 0 aromatic heterocycles. The van der Waals surface area contributed by atoms with Crippen LogP contribution in [0.2, 0.25) is 0 Å². The molecule has 0 heterocycles.